The number of para-hydroxylation sites is 1. The predicted molar refractivity (Wildman–Crippen MR) is 91.7 cm³/mol. The summed E-state index contributed by atoms with van der Waals surface area (Å²) >= 11 is 5.82. The van der Waals surface area contributed by atoms with Gasteiger partial charge in [0.2, 0.25) is 0 Å². The number of nitrogens with zero attached hydrogens (tertiary/aromatic N) is 2. The number of carboxylic acid groups (broad SMARTS) is 1. The Balaban J connectivity index is 2.76. The molecule has 0 atom stereocenters. The molecule has 28 heavy (non-hydrogen) atoms. The number of carbonyl (C=O) groups is 1. The standard InChI is InChI=1S/C15H10ClF3N2O6S/c16-10-6-5-9(15(17,18)19)7-12(10)20(8-14(22)23)28(26,27)13-4-2-1-3-11(13)21(24)25/h1-7H,8H2,(H,22,23). The lowest BCUT2D eigenvalue weighted by Crippen LogP contribution is -2.36. The molecule has 0 unspecified atom stereocenters. The Kier molecular flexibility index (Phi) is 5.85. The van der Waals surface area contributed by atoms with E-state index in [1.165, 1.54) is 6.07 Å². The van der Waals surface area contributed by atoms with E-state index in [-0.39, 0.29) is 4.31 Å². The number of rotatable bonds is 6. The summed E-state index contributed by atoms with van der Waals surface area (Å²) in [5.41, 5.74) is -2.93. The van der Waals surface area contributed by atoms with Gasteiger partial charge in [-0.05, 0) is 24.3 Å². The van der Waals surface area contributed by atoms with E-state index >= 15 is 0 Å². The topological polar surface area (TPSA) is 118 Å². The van der Waals surface area contributed by atoms with Crippen LogP contribution in [0, 0.1) is 10.1 Å². The molecule has 0 heterocycles. The van der Waals surface area contributed by atoms with Crippen LogP contribution in [-0.4, -0.2) is 31.0 Å². The SMILES string of the molecule is O=C(O)CN(c1cc(C(F)(F)F)ccc1Cl)S(=O)(=O)c1ccccc1[N+](=O)[O-]. The first-order valence-corrected chi connectivity index (χ1v) is 9.02. The third-order valence-electron chi connectivity index (χ3n) is 3.45. The van der Waals surface area contributed by atoms with Crippen LogP contribution in [0.3, 0.4) is 0 Å². The van der Waals surface area contributed by atoms with Crippen molar-refractivity contribution >= 4 is 39.0 Å². The van der Waals surface area contributed by atoms with Gasteiger partial charge in [-0.1, -0.05) is 23.7 Å². The van der Waals surface area contributed by atoms with Gasteiger partial charge in [0.15, 0.2) is 4.90 Å². The number of hydrogen-bond acceptors (Lipinski definition) is 5. The first kappa shape index (κ1) is 21.4. The molecule has 0 aliphatic rings. The number of hydrogen-bond donors (Lipinski definition) is 1. The van der Waals surface area contributed by atoms with Crippen LogP contribution in [-0.2, 0) is 21.0 Å². The quantitative estimate of drug-likeness (QED) is 0.544. The van der Waals surface area contributed by atoms with Crippen LogP contribution in [0.1, 0.15) is 5.56 Å². The average molecular weight is 439 g/mol. The summed E-state index contributed by atoms with van der Waals surface area (Å²) in [5, 5.41) is 19.7. The highest BCUT2D eigenvalue weighted by atomic mass is 35.5. The molecular formula is C15H10ClF3N2O6S. The summed E-state index contributed by atoms with van der Waals surface area (Å²) in [6.45, 7) is -1.31. The summed E-state index contributed by atoms with van der Waals surface area (Å²) in [4.78, 5) is 20.4. The molecule has 0 radical (unpaired) electrons. The molecule has 2 aromatic carbocycles. The van der Waals surface area contributed by atoms with E-state index in [0.29, 0.717) is 12.1 Å². The first-order chi connectivity index (χ1) is 12.9. The van der Waals surface area contributed by atoms with Gasteiger partial charge in [0.25, 0.3) is 15.7 Å². The summed E-state index contributed by atoms with van der Waals surface area (Å²) < 4.78 is 64.9. The lowest BCUT2D eigenvalue weighted by atomic mass is 10.2. The number of aliphatic carboxylic acids is 1. The minimum atomic E-state index is -4.95. The van der Waals surface area contributed by atoms with Crippen LogP contribution >= 0.6 is 11.6 Å². The number of alkyl halides is 3. The number of benzene rings is 2. The zero-order chi connectivity index (χ0) is 21.3. The van der Waals surface area contributed by atoms with Gasteiger partial charge in [0.1, 0.15) is 6.54 Å². The second-order valence-corrected chi connectivity index (χ2v) is 7.53. The van der Waals surface area contributed by atoms with Crippen LogP contribution in [0.15, 0.2) is 47.4 Å². The van der Waals surface area contributed by atoms with Crippen LogP contribution in [0.2, 0.25) is 5.02 Å². The Labute approximate surface area is 161 Å². The Bertz CT molecular complexity index is 1040. The van der Waals surface area contributed by atoms with Crippen LogP contribution in [0.5, 0.6) is 0 Å². The van der Waals surface area contributed by atoms with Crippen LogP contribution < -0.4 is 4.31 Å². The number of anilines is 1. The number of halogens is 4. The average Bonchev–Trinajstić information content (AvgIpc) is 2.59. The molecule has 1 N–H and O–H groups in total. The highest BCUT2D eigenvalue weighted by Crippen LogP contribution is 2.38. The van der Waals surface area contributed by atoms with Crippen molar-refractivity contribution in [2.75, 3.05) is 10.8 Å². The molecule has 0 amide bonds. The second kappa shape index (κ2) is 7.64. The Hall–Kier alpha value is -2.86. The van der Waals surface area contributed by atoms with Gasteiger partial charge in [0, 0.05) is 6.07 Å². The predicted octanol–water partition coefficient (Wildman–Crippen LogP) is 3.55. The number of carboxylic acids is 1. The smallest absolute Gasteiger partial charge is 0.416 e. The highest BCUT2D eigenvalue weighted by molar-refractivity contribution is 7.93. The zero-order valence-electron chi connectivity index (χ0n) is 13.6. The van der Waals surface area contributed by atoms with E-state index in [1.807, 2.05) is 0 Å². The van der Waals surface area contributed by atoms with Gasteiger partial charge >= 0.3 is 12.1 Å². The molecule has 0 aromatic heterocycles. The molecule has 2 rings (SSSR count). The van der Waals surface area contributed by atoms with Crippen molar-refractivity contribution in [3.05, 3.63) is 63.2 Å². The molecule has 0 saturated heterocycles. The maximum absolute atomic E-state index is 13.0. The van der Waals surface area contributed by atoms with Crippen molar-refractivity contribution in [2.24, 2.45) is 0 Å². The molecular weight excluding hydrogens is 429 g/mol. The summed E-state index contributed by atoms with van der Waals surface area (Å²) in [6, 6.07) is 5.72. The lowest BCUT2D eigenvalue weighted by Gasteiger charge is -2.24. The van der Waals surface area contributed by atoms with Gasteiger partial charge in [-0.3, -0.25) is 19.2 Å². The monoisotopic (exact) mass is 438 g/mol. The molecule has 8 nitrogen and oxygen atoms in total. The van der Waals surface area contributed by atoms with E-state index < -0.39 is 60.5 Å². The van der Waals surface area contributed by atoms with E-state index in [9.17, 15) is 36.5 Å². The Morgan fingerprint density at radius 1 is 1.21 bits per heavy atom. The van der Waals surface area contributed by atoms with E-state index in [0.717, 1.165) is 24.3 Å². The highest BCUT2D eigenvalue weighted by Gasteiger charge is 2.36. The van der Waals surface area contributed by atoms with Crippen molar-refractivity contribution in [3.63, 3.8) is 0 Å². The van der Waals surface area contributed by atoms with E-state index in [4.69, 9.17) is 16.7 Å². The van der Waals surface area contributed by atoms with Crippen molar-refractivity contribution in [3.8, 4) is 0 Å². The van der Waals surface area contributed by atoms with Gasteiger partial charge in [-0.2, -0.15) is 13.2 Å². The molecule has 0 fully saturated rings. The normalized spacial score (nSPS) is 11.9. The Morgan fingerprint density at radius 2 is 1.82 bits per heavy atom. The fourth-order valence-electron chi connectivity index (χ4n) is 2.25. The van der Waals surface area contributed by atoms with E-state index in [1.54, 1.807) is 0 Å². The number of nitro groups is 1. The minimum absolute atomic E-state index is 0.0786. The molecule has 2 aromatic rings. The molecule has 13 heteroatoms. The van der Waals surface area contributed by atoms with Crippen molar-refractivity contribution in [1.82, 2.24) is 0 Å². The minimum Gasteiger partial charge on any atom is -0.480 e. The fraction of sp³-hybridized carbons (Fsp3) is 0.133. The van der Waals surface area contributed by atoms with Crippen molar-refractivity contribution < 1.29 is 36.4 Å². The zero-order valence-corrected chi connectivity index (χ0v) is 15.1. The molecule has 0 saturated carbocycles. The van der Waals surface area contributed by atoms with Gasteiger partial charge in [-0.15, -0.1) is 0 Å². The van der Waals surface area contributed by atoms with E-state index in [2.05, 4.69) is 0 Å². The number of sulfonamides is 1. The lowest BCUT2D eigenvalue weighted by molar-refractivity contribution is -0.387. The van der Waals surface area contributed by atoms with Gasteiger partial charge in [0.05, 0.1) is 21.2 Å². The van der Waals surface area contributed by atoms with Gasteiger partial charge in [-0.25, -0.2) is 8.42 Å². The molecule has 0 aliphatic heterocycles. The largest absolute Gasteiger partial charge is 0.480 e. The van der Waals surface area contributed by atoms with Crippen molar-refractivity contribution in [2.45, 2.75) is 11.1 Å². The molecule has 0 aliphatic carbocycles. The van der Waals surface area contributed by atoms with Crippen molar-refractivity contribution in [1.29, 1.82) is 0 Å². The molecule has 0 bridgehead atoms. The maximum atomic E-state index is 13.0. The molecule has 150 valence electrons. The summed E-state index contributed by atoms with van der Waals surface area (Å²) in [5.74, 6) is -1.71. The van der Waals surface area contributed by atoms with Crippen LogP contribution in [0.4, 0.5) is 24.5 Å². The molecule has 0 spiro atoms. The third kappa shape index (κ3) is 4.34. The fourth-order valence-corrected chi connectivity index (χ4v) is 4.10. The summed E-state index contributed by atoms with van der Waals surface area (Å²) in [7, 11) is -4.95. The Morgan fingerprint density at radius 3 is 2.36 bits per heavy atom. The van der Waals surface area contributed by atoms with Crippen LogP contribution in [0.25, 0.3) is 0 Å². The number of nitro benzene ring substituents is 1. The summed E-state index contributed by atoms with van der Waals surface area (Å²) in [6.07, 6.45) is -4.86. The third-order valence-corrected chi connectivity index (χ3v) is 5.58. The maximum Gasteiger partial charge on any atom is 0.416 e. The van der Waals surface area contributed by atoms with Gasteiger partial charge < -0.3 is 5.11 Å². The first-order valence-electron chi connectivity index (χ1n) is 7.20. The second-order valence-electron chi connectivity index (χ2n) is 5.29.